The molecule has 4 nitrogen and oxygen atoms in total. The Morgan fingerprint density at radius 3 is 2.86 bits per heavy atom. The van der Waals surface area contributed by atoms with Gasteiger partial charge in [-0.1, -0.05) is 0 Å². The number of aromatic nitrogens is 2. The van der Waals surface area contributed by atoms with Gasteiger partial charge in [-0.25, -0.2) is 4.39 Å². The lowest BCUT2D eigenvalue weighted by Gasteiger charge is -2.06. The van der Waals surface area contributed by atoms with Gasteiger partial charge in [-0.15, -0.1) is 0 Å². The van der Waals surface area contributed by atoms with E-state index in [2.05, 4.69) is 15.5 Å². The van der Waals surface area contributed by atoms with E-state index < -0.39 is 0 Å². The van der Waals surface area contributed by atoms with E-state index >= 15 is 0 Å². The van der Waals surface area contributed by atoms with Crippen molar-refractivity contribution in [1.29, 1.82) is 0 Å². The van der Waals surface area contributed by atoms with Gasteiger partial charge in [0.25, 0.3) is 0 Å². The van der Waals surface area contributed by atoms with E-state index in [0.717, 1.165) is 28.5 Å². The van der Waals surface area contributed by atoms with Crippen LogP contribution in [0.3, 0.4) is 0 Å². The number of hydrogen-bond acceptors (Lipinski definition) is 3. The second-order valence-corrected chi connectivity index (χ2v) is 6.54. The summed E-state index contributed by atoms with van der Waals surface area (Å²) in [5, 5.41) is 9.83. The molecule has 0 unspecified atom stereocenters. The Kier molecular flexibility index (Phi) is 4.77. The Hall–Kier alpha value is -1.82. The second kappa shape index (κ2) is 6.96. The number of amides is 1. The monoisotopic (exact) mass is 319 g/mol. The van der Waals surface area contributed by atoms with Crippen molar-refractivity contribution in [3.05, 3.63) is 41.8 Å². The van der Waals surface area contributed by atoms with E-state index in [1.807, 2.05) is 0 Å². The SMILES string of the molecule is O=C(CSCC1CC1)NCc1cn[nH]c1-c1ccc(F)cc1. The number of aromatic amines is 1. The maximum absolute atomic E-state index is 13.0. The molecule has 0 atom stereocenters. The average Bonchev–Trinajstić information content (AvgIpc) is 3.22. The first-order valence-corrected chi connectivity index (χ1v) is 8.50. The molecule has 0 saturated heterocycles. The molecule has 1 saturated carbocycles. The summed E-state index contributed by atoms with van der Waals surface area (Å²) in [6.45, 7) is 0.423. The van der Waals surface area contributed by atoms with E-state index in [-0.39, 0.29) is 11.7 Å². The Morgan fingerprint density at radius 2 is 2.14 bits per heavy atom. The Labute approximate surface area is 132 Å². The summed E-state index contributed by atoms with van der Waals surface area (Å²) in [4.78, 5) is 11.8. The van der Waals surface area contributed by atoms with Gasteiger partial charge in [0.1, 0.15) is 5.82 Å². The zero-order valence-corrected chi connectivity index (χ0v) is 13.0. The van der Waals surface area contributed by atoms with Crippen molar-refractivity contribution >= 4 is 17.7 Å². The summed E-state index contributed by atoms with van der Waals surface area (Å²) < 4.78 is 13.0. The van der Waals surface area contributed by atoms with Crippen molar-refractivity contribution in [3.63, 3.8) is 0 Å². The molecule has 1 amide bonds. The molecule has 0 bridgehead atoms. The third-order valence-electron chi connectivity index (χ3n) is 3.61. The van der Waals surface area contributed by atoms with Crippen LogP contribution in [-0.4, -0.2) is 27.6 Å². The predicted molar refractivity (Wildman–Crippen MR) is 85.9 cm³/mol. The Morgan fingerprint density at radius 1 is 1.36 bits per heavy atom. The van der Waals surface area contributed by atoms with Gasteiger partial charge < -0.3 is 5.32 Å². The molecule has 2 N–H and O–H groups in total. The van der Waals surface area contributed by atoms with E-state index in [4.69, 9.17) is 0 Å². The number of benzene rings is 1. The van der Waals surface area contributed by atoms with Crippen LogP contribution < -0.4 is 5.32 Å². The van der Waals surface area contributed by atoms with Crippen molar-refractivity contribution in [3.8, 4) is 11.3 Å². The van der Waals surface area contributed by atoms with E-state index in [1.165, 1.54) is 25.0 Å². The van der Waals surface area contributed by atoms with E-state index in [0.29, 0.717) is 12.3 Å². The lowest BCUT2D eigenvalue weighted by molar-refractivity contribution is -0.118. The number of nitrogens with zero attached hydrogens (tertiary/aromatic N) is 1. The molecule has 1 heterocycles. The number of hydrogen-bond donors (Lipinski definition) is 2. The largest absolute Gasteiger partial charge is 0.351 e. The van der Waals surface area contributed by atoms with Gasteiger partial charge in [0.2, 0.25) is 5.91 Å². The van der Waals surface area contributed by atoms with E-state index in [9.17, 15) is 9.18 Å². The van der Waals surface area contributed by atoms with Crippen molar-refractivity contribution in [2.24, 2.45) is 5.92 Å². The van der Waals surface area contributed by atoms with Crippen molar-refractivity contribution < 1.29 is 9.18 Å². The highest BCUT2D eigenvalue weighted by atomic mass is 32.2. The molecule has 0 spiro atoms. The minimum atomic E-state index is -0.272. The van der Waals surface area contributed by atoms with E-state index in [1.54, 1.807) is 30.1 Å². The van der Waals surface area contributed by atoms with Crippen LogP contribution in [0.15, 0.2) is 30.5 Å². The van der Waals surface area contributed by atoms with Gasteiger partial charge in [-0.2, -0.15) is 16.9 Å². The Balaban J connectivity index is 1.53. The molecule has 1 aromatic carbocycles. The quantitative estimate of drug-likeness (QED) is 0.825. The number of nitrogens with one attached hydrogen (secondary N) is 2. The molecule has 116 valence electrons. The number of carbonyl (C=O) groups excluding carboxylic acids is 1. The normalized spacial score (nSPS) is 14.0. The number of halogens is 1. The van der Waals surface area contributed by atoms with Crippen LogP contribution in [0.1, 0.15) is 18.4 Å². The first kappa shape index (κ1) is 15.1. The number of carbonyl (C=O) groups is 1. The van der Waals surface area contributed by atoms with Gasteiger partial charge in [-0.3, -0.25) is 9.89 Å². The topological polar surface area (TPSA) is 57.8 Å². The maximum atomic E-state index is 13.0. The molecule has 1 fully saturated rings. The van der Waals surface area contributed by atoms with Gasteiger partial charge in [0.05, 0.1) is 17.6 Å². The fourth-order valence-corrected chi connectivity index (χ4v) is 3.23. The highest BCUT2D eigenvalue weighted by Gasteiger charge is 2.21. The van der Waals surface area contributed by atoms with Crippen LogP contribution in [0.2, 0.25) is 0 Å². The summed E-state index contributed by atoms with van der Waals surface area (Å²) >= 11 is 1.69. The smallest absolute Gasteiger partial charge is 0.230 e. The fourth-order valence-electron chi connectivity index (χ4n) is 2.16. The number of H-pyrrole nitrogens is 1. The molecule has 0 radical (unpaired) electrons. The molecule has 1 aliphatic carbocycles. The van der Waals surface area contributed by atoms with Gasteiger partial charge >= 0.3 is 0 Å². The highest BCUT2D eigenvalue weighted by molar-refractivity contribution is 7.99. The van der Waals surface area contributed by atoms with Crippen LogP contribution in [0.4, 0.5) is 4.39 Å². The summed E-state index contributed by atoms with van der Waals surface area (Å²) in [5.74, 6) is 2.18. The van der Waals surface area contributed by atoms with Gasteiger partial charge in [-0.05, 0) is 48.8 Å². The number of thioether (sulfide) groups is 1. The third-order valence-corrected chi connectivity index (χ3v) is 4.78. The fraction of sp³-hybridized carbons (Fsp3) is 0.375. The van der Waals surface area contributed by atoms with Crippen LogP contribution in [-0.2, 0) is 11.3 Å². The van der Waals surface area contributed by atoms with Crippen LogP contribution in [0.5, 0.6) is 0 Å². The molecular formula is C16H18FN3OS. The van der Waals surface area contributed by atoms with Crippen molar-refractivity contribution in [2.45, 2.75) is 19.4 Å². The zero-order chi connectivity index (χ0) is 15.4. The minimum absolute atomic E-state index is 0.0388. The standard InChI is InChI=1S/C16H18FN3OS/c17-14-5-3-12(4-6-14)16-13(8-19-20-16)7-18-15(21)10-22-9-11-1-2-11/h3-6,8,11H,1-2,7,9-10H2,(H,18,21)(H,19,20). The van der Waals surface area contributed by atoms with Crippen LogP contribution in [0.25, 0.3) is 11.3 Å². The summed E-state index contributed by atoms with van der Waals surface area (Å²) in [6, 6.07) is 6.21. The first-order valence-electron chi connectivity index (χ1n) is 7.35. The van der Waals surface area contributed by atoms with Gasteiger partial charge in [0.15, 0.2) is 0 Å². The molecule has 0 aliphatic heterocycles. The molecule has 2 aromatic rings. The zero-order valence-electron chi connectivity index (χ0n) is 12.1. The lowest BCUT2D eigenvalue weighted by Crippen LogP contribution is -2.24. The molecule has 1 aliphatic rings. The molecular weight excluding hydrogens is 301 g/mol. The number of rotatable bonds is 7. The summed E-state index contributed by atoms with van der Waals surface area (Å²) in [6.07, 6.45) is 4.31. The second-order valence-electron chi connectivity index (χ2n) is 5.51. The van der Waals surface area contributed by atoms with Crippen molar-refractivity contribution in [1.82, 2.24) is 15.5 Å². The maximum Gasteiger partial charge on any atom is 0.230 e. The summed E-state index contributed by atoms with van der Waals surface area (Å²) in [5.41, 5.74) is 2.56. The van der Waals surface area contributed by atoms with Crippen LogP contribution in [0, 0.1) is 11.7 Å². The van der Waals surface area contributed by atoms with Crippen LogP contribution >= 0.6 is 11.8 Å². The first-order chi connectivity index (χ1) is 10.7. The van der Waals surface area contributed by atoms with Gasteiger partial charge in [0, 0.05) is 17.7 Å². The van der Waals surface area contributed by atoms with Crippen molar-refractivity contribution in [2.75, 3.05) is 11.5 Å². The molecule has 3 rings (SSSR count). The minimum Gasteiger partial charge on any atom is -0.351 e. The average molecular weight is 319 g/mol. The summed E-state index contributed by atoms with van der Waals surface area (Å²) in [7, 11) is 0. The third kappa shape index (κ3) is 4.10. The highest BCUT2D eigenvalue weighted by Crippen LogP contribution is 2.32. The molecule has 6 heteroatoms. The molecule has 22 heavy (non-hydrogen) atoms. The predicted octanol–water partition coefficient (Wildman–Crippen LogP) is 2.98. The lowest BCUT2D eigenvalue weighted by atomic mass is 10.1. The Bertz CT molecular complexity index is 637. The molecule has 1 aromatic heterocycles.